The van der Waals surface area contributed by atoms with Crippen molar-refractivity contribution in [3.8, 4) is 0 Å². The number of aliphatic hydroxyl groups excluding tert-OH is 3. The van der Waals surface area contributed by atoms with E-state index in [2.05, 4.69) is 5.73 Å². The highest BCUT2D eigenvalue weighted by molar-refractivity contribution is 5.80. The number of Topliss-reactive ketones (excluding diaryl/α,β-unsaturated/α-hetero) is 1. The van der Waals surface area contributed by atoms with E-state index in [4.69, 9.17) is 14.6 Å². The van der Waals surface area contributed by atoms with Gasteiger partial charge in [0.2, 0.25) is 0 Å². The van der Waals surface area contributed by atoms with Crippen molar-refractivity contribution in [2.45, 2.75) is 44.6 Å². The van der Waals surface area contributed by atoms with Crippen LogP contribution in [0.1, 0.15) is 13.8 Å². The minimum atomic E-state index is -1.48. The van der Waals surface area contributed by atoms with Crippen molar-refractivity contribution in [2.24, 2.45) is 11.7 Å². The van der Waals surface area contributed by atoms with Gasteiger partial charge < -0.3 is 35.3 Å². The third-order valence-corrected chi connectivity index (χ3v) is 3.01. The van der Waals surface area contributed by atoms with E-state index in [0.29, 0.717) is 6.29 Å². The van der Waals surface area contributed by atoms with Crippen LogP contribution in [-0.2, 0) is 19.1 Å². The second-order valence-electron chi connectivity index (χ2n) is 4.31. The molecule has 0 amide bonds. The van der Waals surface area contributed by atoms with Crippen LogP contribution in [-0.4, -0.2) is 71.7 Å². The molecular formula is C12H23NO7. The molecule has 1 heterocycles. The van der Waals surface area contributed by atoms with Crippen LogP contribution in [0, 0.1) is 5.92 Å². The molecule has 1 rings (SSSR count). The van der Waals surface area contributed by atoms with Crippen LogP contribution in [0.3, 0.4) is 0 Å². The van der Waals surface area contributed by atoms with Gasteiger partial charge in [0.15, 0.2) is 12.1 Å². The molecule has 20 heavy (non-hydrogen) atoms. The maximum Gasteiger partial charge on any atom is 0.167 e. The van der Waals surface area contributed by atoms with Crippen LogP contribution < -0.4 is 5.73 Å². The Morgan fingerprint density at radius 1 is 1.45 bits per heavy atom. The van der Waals surface area contributed by atoms with Crippen molar-refractivity contribution >= 4 is 12.1 Å². The number of aldehydes is 1. The molecule has 0 aliphatic carbocycles. The Hall–Kier alpha value is -0.900. The molecule has 0 saturated carbocycles. The maximum atomic E-state index is 11.1. The quantitative estimate of drug-likeness (QED) is 0.419. The zero-order valence-electron chi connectivity index (χ0n) is 11.8. The van der Waals surface area contributed by atoms with Crippen LogP contribution in [0.25, 0.3) is 0 Å². The topological polar surface area (TPSA) is 139 Å². The summed E-state index contributed by atoms with van der Waals surface area (Å²) in [6, 6.07) is 0. The van der Waals surface area contributed by atoms with Crippen molar-refractivity contribution < 1.29 is 34.4 Å². The number of ketones is 1. The van der Waals surface area contributed by atoms with Crippen molar-refractivity contribution in [1.82, 2.24) is 0 Å². The maximum absolute atomic E-state index is 11.1. The Balaban J connectivity index is 0.00000172. The molecule has 0 radical (unpaired) electrons. The van der Waals surface area contributed by atoms with Crippen LogP contribution in [0.5, 0.6) is 0 Å². The van der Waals surface area contributed by atoms with Gasteiger partial charge in [-0.2, -0.15) is 0 Å². The summed E-state index contributed by atoms with van der Waals surface area (Å²) in [6.07, 6.45) is -5.35. The number of carbonyl (C=O) groups is 2. The molecule has 0 aromatic heterocycles. The first kappa shape index (κ1) is 19.1. The van der Waals surface area contributed by atoms with E-state index in [1.165, 1.54) is 20.9 Å². The fraction of sp³-hybridized carbons (Fsp3) is 0.833. The summed E-state index contributed by atoms with van der Waals surface area (Å²) >= 11 is 0. The number of hydrogen-bond donors (Lipinski definition) is 4. The van der Waals surface area contributed by atoms with E-state index in [1.807, 2.05) is 0 Å². The number of rotatable bonds is 5. The average molecular weight is 293 g/mol. The van der Waals surface area contributed by atoms with E-state index in [0.717, 1.165) is 0 Å². The first-order valence-corrected chi connectivity index (χ1v) is 6.23. The predicted molar refractivity (Wildman–Crippen MR) is 68.7 cm³/mol. The monoisotopic (exact) mass is 293 g/mol. The van der Waals surface area contributed by atoms with Gasteiger partial charge >= 0.3 is 0 Å². The lowest BCUT2D eigenvalue weighted by Crippen LogP contribution is -2.58. The van der Waals surface area contributed by atoms with Crippen LogP contribution in [0.15, 0.2) is 0 Å². The molecule has 1 saturated heterocycles. The zero-order chi connectivity index (χ0) is 15.9. The molecule has 8 heteroatoms. The Kier molecular flexibility index (Phi) is 8.70. The van der Waals surface area contributed by atoms with Crippen molar-refractivity contribution in [2.75, 3.05) is 13.7 Å². The molecule has 0 aromatic rings. The second-order valence-corrected chi connectivity index (χ2v) is 4.31. The first-order valence-electron chi connectivity index (χ1n) is 6.23. The minimum Gasteiger partial charge on any atom is -0.394 e. The Morgan fingerprint density at radius 2 is 2.00 bits per heavy atom. The van der Waals surface area contributed by atoms with Gasteiger partial charge in [0.25, 0.3) is 0 Å². The average Bonchev–Trinajstić information content (AvgIpc) is 2.44. The van der Waals surface area contributed by atoms with Gasteiger partial charge in [-0.25, -0.2) is 0 Å². The van der Waals surface area contributed by atoms with E-state index in [-0.39, 0.29) is 5.78 Å². The number of nitrogens with two attached hydrogens (primary N) is 1. The lowest BCUT2D eigenvalue weighted by Gasteiger charge is -2.40. The molecule has 0 spiro atoms. The largest absolute Gasteiger partial charge is 0.394 e. The molecule has 1 fully saturated rings. The molecule has 0 aromatic carbocycles. The van der Waals surface area contributed by atoms with Gasteiger partial charge in [0.05, 0.1) is 12.5 Å². The minimum absolute atomic E-state index is 0.270. The van der Waals surface area contributed by atoms with Gasteiger partial charge in [-0.15, -0.1) is 0 Å². The molecule has 5 N–H and O–H groups in total. The van der Waals surface area contributed by atoms with Gasteiger partial charge in [0, 0.05) is 0 Å². The van der Waals surface area contributed by atoms with Gasteiger partial charge in [-0.3, -0.25) is 4.79 Å². The molecule has 4 unspecified atom stereocenters. The molecule has 1 aliphatic rings. The molecule has 8 nitrogen and oxygen atoms in total. The first-order chi connectivity index (χ1) is 9.42. The number of carbonyl (C=O) groups excluding carboxylic acids is 2. The van der Waals surface area contributed by atoms with E-state index < -0.39 is 43.2 Å². The van der Waals surface area contributed by atoms with Gasteiger partial charge in [-0.1, -0.05) is 0 Å². The van der Waals surface area contributed by atoms with E-state index in [1.54, 1.807) is 0 Å². The normalized spacial score (nSPS) is 34.6. The lowest BCUT2D eigenvalue weighted by atomic mass is 9.91. The third kappa shape index (κ3) is 4.58. The molecule has 118 valence electrons. The van der Waals surface area contributed by atoms with Crippen molar-refractivity contribution in [3.05, 3.63) is 0 Å². The SMILES string of the molecule is CC(=O)C(C)OC1C(C=O)[C@@H](O)OC(CO)[C@H]1O.CN. The summed E-state index contributed by atoms with van der Waals surface area (Å²) in [5, 5.41) is 28.4. The highest BCUT2D eigenvalue weighted by Gasteiger charge is 2.46. The van der Waals surface area contributed by atoms with Crippen LogP contribution in [0.2, 0.25) is 0 Å². The standard InChI is InChI=1S/C11H18O7.CH5N/c1-5(14)6(2)17-10-7(3-12)11(16)18-8(4-13)9(10)15;1-2/h3,6-11,13,15-16H,4H2,1-2H3;2H2,1H3/t6?,7?,8?,9-,10?,11+;/m1./s1. The third-order valence-electron chi connectivity index (χ3n) is 3.01. The molecule has 6 atom stereocenters. The highest BCUT2D eigenvalue weighted by Crippen LogP contribution is 2.27. The van der Waals surface area contributed by atoms with Crippen molar-refractivity contribution in [1.29, 1.82) is 0 Å². The van der Waals surface area contributed by atoms with E-state index in [9.17, 15) is 19.8 Å². The van der Waals surface area contributed by atoms with Crippen molar-refractivity contribution in [3.63, 3.8) is 0 Å². The zero-order valence-corrected chi connectivity index (χ0v) is 11.8. The Morgan fingerprint density at radius 3 is 2.40 bits per heavy atom. The summed E-state index contributed by atoms with van der Waals surface area (Å²) in [4.78, 5) is 22.0. The highest BCUT2D eigenvalue weighted by atomic mass is 16.6. The van der Waals surface area contributed by atoms with Gasteiger partial charge in [-0.05, 0) is 20.9 Å². The summed E-state index contributed by atoms with van der Waals surface area (Å²) < 4.78 is 10.2. The Labute approximate surface area is 117 Å². The lowest BCUT2D eigenvalue weighted by molar-refractivity contribution is -0.273. The van der Waals surface area contributed by atoms with Gasteiger partial charge in [0.1, 0.15) is 30.7 Å². The molecule has 1 aliphatic heterocycles. The van der Waals surface area contributed by atoms with E-state index >= 15 is 0 Å². The predicted octanol–water partition coefficient (Wildman–Crippen LogP) is -2.19. The van der Waals surface area contributed by atoms with Crippen LogP contribution >= 0.6 is 0 Å². The fourth-order valence-electron chi connectivity index (χ4n) is 1.75. The summed E-state index contributed by atoms with van der Waals surface area (Å²) in [7, 11) is 1.50. The number of ether oxygens (including phenoxy) is 2. The molecular weight excluding hydrogens is 270 g/mol. The number of aliphatic hydroxyl groups is 3. The fourth-order valence-corrected chi connectivity index (χ4v) is 1.75. The summed E-state index contributed by atoms with van der Waals surface area (Å²) in [5.41, 5.74) is 4.50. The van der Waals surface area contributed by atoms with Crippen LogP contribution in [0.4, 0.5) is 0 Å². The summed E-state index contributed by atoms with van der Waals surface area (Å²) in [5.74, 6) is -1.38. The Bertz CT molecular complexity index is 312. The smallest absolute Gasteiger partial charge is 0.167 e. The molecule has 0 bridgehead atoms. The second kappa shape index (κ2) is 9.11. The summed E-state index contributed by atoms with van der Waals surface area (Å²) in [6.45, 7) is 2.26. The number of hydrogen-bond acceptors (Lipinski definition) is 8.